The Balaban J connectivity index is 1.77. The number of esters is 2. The molecule has 1 saturated carbocycles. The van der Waals surface area contributed by atoms with Gasteiger partial charge in [-0.1, -0.05) is 26.8 Å². The van der Waals surface area contributed by atoms with Crippen molar-refractivity contribution in [3.8, 4) is 0 Å². The molecular weight excluding hydrogens is 388 g/mol. The lowest BCUT2D eigenvalue weighted by atomic mass is 9.62. The van der Waals surface area contributed by atoms with E-state index in [1.54, 1.807) is 6.08 Å². The van der Waals surface area contributed by atoms with Gasteiger partial charge >= 0.3 is 11.9 Å². The summed E-state index contributed by atoms with van der Waals surface area (Å²) in [5.41, 5.74) is 0.763. The van der Waals surface area contributed by atoms with Crippen molar-refractivity contribution in [2.75, 3.05) is 0 Å². The van der Waals surface area contributed by atoms with Crippen LogP contribution in [0.2, 0.25) is 0 Å². The summed E-state index contributed by atoms with van der Waals surface area (Å²) in [6.07, 6.45) is 2.50. The zero-order chi connectivity index (χ0) is 22.0. The highest BCUT2D eigenvalue weighted by molar-refractivity contribution is 5.72. The number of aliphatic hydroxyl groups excluding tert-OH is 3. The molecule has 0 amide bonds. The van der Waals surface area contributed by atoms with E-state index in [0.717, 1.165) is 5.57 Å². The van der Waals surface area contributed by atoms with Crippen molar-refractivity contribution in [3.63, 3.8) is 0 Å². The van der Waals surface area contributed by atoms with Gasteiger partial charge in [-0.25, -0.2) is 0 Å². The van der Waals surface area contributed by atoms with Gasteiger partial charge in [-0.15, -0.1) is 0 Å². The van der Waals surface area contributed by atoms with Gasteiger partial charge in [-0.2, -0.15) is 0 Å². The molecule has 170 valence electrons. The summed E-state index contributed by atoms with van der Waals surface area (Å²) in [5, 5.41) is 31.1. The largest absolute Gasteiger partial charge is 0.462 e. The zero-order valence-corrected chi connectivity index (χ0v) is 18.2. The number of carbonyl (C=O) groups is 2. The van der Waals surface area contributed by atoms with Crippen LogP contribution in [0.4, 0.5) is 0 Å². The van der Waals surface area contributed by atoms with Crippen molar-refractivity contribution in [1.82, 2.24) is 0 Å². The van der Waals surface area contributed by atoms with Gasteiger partial charge in [0.25, 0.3) is 0 Å². The van der Waals surface area contributed by atoms with E-state index in [2.05, 4.69) is 0 Å². The Morgan fingerprint density at radius 3 is 2.67 bits per heavy atom. The average Bonchev–Trinajstić information content (AvgIpc) is 2.69. The number of ether oxygens (including phenoxy) is 2. The maximum Gasteiger partial charge on any atom is 0.308 e. The molecule has 2 aliphatic carbocycles. The van der Waals surface area contributed by atoms with Crippen LogP contribution in [-0.4, -0.2) is 57.8 Å². The van der Waals surface area contributed by atoms with Gasteiger partial charge in [0.15, 0.2) is 0 Å². The zero-order valence-electron chi connectivity index (χ0n) is 18.2. The molecule has 9 atom stereocenters. The Kier molecular flexibility index (Phi) is 7.58. The van der Waals surface area contributed by atoms with Crippen LogP contribution in [0.15, 0.2) is 11.6 Å². The van der Waals surface area contributed by atoms with Gasteiger partial charge in [0.2, 0.25) is 0 Å². The smallest absolute Gasteiger partial charge is 0.308 e. The summed E-state index contributed by atoms with van der Waals surface area (Å²) in [6, 6.07) is 0. The third kappa shape index (κ3) is 5.06. The molecule has 2 fully saturated rings. The number of cyclic esters (lactones) is 1. The molecule has 0 aromatic carbocycles. The first-order valence-corrected chi connectivity index (χ1v) is 11.4. The average molecular weight is 425 g/mol. The van der Waals surface area contributed by atoms with Crippen molar-refractivity contribution < 1.29 is 34.4 Å². The van der Waals surface area contributed by atoms with E-state index in [4.69, 9.17) is 9.47 Å². The molecule has 1 saturated heterocycles. The molecule has 9 unspecified atom stereocenters. The van der Waals surface area contributed by atoms with E-state index in [9.17, 15) is 24.9 Å². The van der Waals surface area contributed by atoms with E-state index in [1.165, 1.54) is 0 Å². The van der Waals surface area contributed by atoms with Crippen LogP contribution in [0.1, 0.15) is 65.7 Å². The summed E-state index contributed by atoms with van der Waals surface area (Å²) in [5.74, 6) is -1.06. The molecule has 0 bridgehead atoms. The molecule has 3 N–H and O–H groups in total. The second-order valence-corrected chi connectivity index (χ2v) is 9.37. The molecule has 0 radical (unpaired) electrons. The van der Waals surface area contributed by atoms with Crippen LogP contribution in [-0.2, 0) is 19.1 Å². The van der Waals surface area contributed by atoms with Crippen LogP contribution in [0.5, 0.6) is 0 Å². The van der Waals surface area contributed by atoms with Crippen LogP contribution in [0.25, 0.3) is 0 Å². The van der Waals surface area contributed by atoms with Crippen molar-refractivity contribution in [2.45, 2.75) is 96.2 Å². The van der Waals surface area contributed by atoms with Crippen LogP contribution in [0, 0.1) is 23.7 Å². The lowest BCUT2D eigenvalue weighted by Crippen LogP contribution is -2.48. The van der Waals surface area contributed by atoms with E-state index >= 15 is 0 Å². The van der Waals surface area contributed by atoms with E-state index in [-0.39, 0.29) is 54.2 Å². The standard InChI is InChI=1S/C23H36O7/c1-4-12(2)23(28)30-20-8-7-18(25)17-11-19(26)13(3)16(22(17)20)6-5-15-9-14(24)10-21(27)29-15/h11-16,18-20,22,24-26H,4-10H2,1-3H3. The minimum Gasteiger partial charge on any atom is -0.462 e. The molecule has 0 aromatic heterocycles. The monoisotopic (exact) mass is 424 g/mol. The minimum atomic E-state index is -0.681. The fraction of sp³-hybridized carbons (Fsp3) is 0.826. The molecule has 3 rings (SSSR count). The molecule has 7 heteroatoms. The number of hydrogen-bond donors (Lipinski definition) is 3. The summed E-state index contributed by atoms with van der Waals surface area (Å²) in [7, 11) is 0. The number of fused-ring (bicyclic) bond motifs is 1. The fourth-order valence-electron chi connectivity index (χ4n) is 5.20. The normalized spacial score (nSPS) is 40.1. The van der Waals surface area contributed by atoms with Crippen molar-refractivity contribution in [3.05, 3.63) is 11.6 Å². The van der Waals surface area contributed by atoms with Crippen molar-refractivity contribution in [1.29, 1.82) is 0 Å². The first-order valence-electron chi connectivity index (χ1n) is 11.4. The molecule has 30 heavy (non-hydrogen) atoms. The maximum atomic E-state index is 12.5. The van der Waals surface area contributed by atoms with Gasteiger partial charge in [-0.3, -0.25) is 9.59 Å². The van der Waals surface area contributed by atoms with Crippen molar-refractivity contribution in [2.24, 2.45) is 23.7 Å². The number of hydrogen-bond acceptors (Lipinski definition) is 7. The summed E-state index contributed by atoms with van der Waals surface area (Å²) in [6.45, 7) is 5.77. The third-order valence-corrected chi connectivity index (χ3v) is 7.27. The van der Waals surface area contributed by atoms with Gasteiger partial charge < -0.3 is 24.8 Å². The molecule has 1 aliphatic heterocycles. The van der Waals surface area contributed by atoms with E-state index in [0.29, 0.717) is 38.5 Å². The van der Waals surface area contributed by atoms with Crippen LogP contribution >= 0.6 is 0 Å². The Labute approximate surface area is 178 Å². The lowest BCUT2D eigenvalue weighted by Gasteiger charge is -2.47. The fourth-order valence-corrected chi connectivity index (χ4v) is 5.20. The first kappa shape index (κ1) is 23.2. The SMILES string of the molecule is CCC(C)C(=O)OC1CCC(O)C2=CC(O)C(C)C(CCC3CC(O)CC(=O)O3)C21. The quantitative estimate of drug-likeness (QED) is 0.442. The van der Waals surface area contributed by atoms with Gasteiger partial charge in [-0.05, 0) is 49.5 Å². The highest BCUT2D eigenvalue weighted by Crippen LogP contribution is 2.47. The Hall–Kier alpha value is -1.44. The first-order chi connectivity index (χ1) is 14.2. The molecule has 7 nitrogen and oxygen atoms in total. The molecular formula is C23H36O7. The van der Waals surface area contributed by atoms with Crippen LogP contribution < -0.4 is 0 Å². The van der Waals surface area contributed by atoms with Crippen LogP contribution in [0.3, 0.4) is 0 Å². The van der Waals surface area contributed by atoms with E-state index < -0.39 is 18.3 Å². The predicted molar refractivity (Wildman–Crippen MR) is 109 cm³/mol. The Bertz CT molecular complexity index is 660. The van der Waals surface area contributed by atoms with E-state index in [1.807, 2.05) is 20.8 Å². The third-order valence-electron chi connectivity index (χ3n) is 7.27. The highest BCUT2D eigenvalue weighted by atomic mass is 16.6. The molecule has 3 aliphatic rings. The summed E-state index contributed by atoms with van der Waals surface area (Å²) < 4.78 is 11.3. The van der Waals surface area contributed by atoms with Crippen molar-refractivity contribution >= 4 is 11.9 Å². The Morgan fingerprint density at radius 2 is 2.00 bits per heavy atom. The molecule has 0 aromatic rings. The maximum absolute atomic E-state index is 12.5. The van der Waals surface area contributed by atoms with Gasteiger partial charge in [0.05, 0.1) is 30.7 Å². The molecule has 1 heterocycles. The summed E-state index contributed by atoms with van der Waals surface area (Å²) >= 11 is 0. The minimum absolute atomic E-state index is 0.0255. The predicted octanol–water partition coefficient (Wildman–Crippen LogP) is 2.12. The summed E-state index contributed by atoms with van der Waals surface area (Å²) in [4.78, 5) is 24.2. The Morgan fingerprint density at radius 1 is 1.27 bits per heavy atom. The topological polar surface area (TPSA) is 113 Å². The number of aliphatic hydroxyl groups is 3. The number of rotatable bonds is 6. The highest BCUT2D eigenvalue weighted by Gasteiger charge is 2.47. The van der Waals surface area contributed by atoms with Gasteiger partial charge in [0.1, 0.15) is 12.2 Å². The molecule has 0 spiro atoms. The second-order valence-electron chi connectivity index (χ2n) is 9.37. The number of carbonyl (C=O) groups excluding carboxylic acids is 2. The van der Waals surface area contributed by atoms with Gasteiger partial charge in [0, 0.05) is 12.3 Å². The second kappa shape index (κ2) is 9.79. The lowest BCUT2D eigenvalue weighted by molar-refractivity contribution is -0.163.